The number of carbonyl (C=O) groups excluding carboxylic acids is 2. The average molecular weight is 212 g/mol. The molecule has 0 amide bonds. The Morgan fingerprint density at radius 1 is 1.13 bits per heavy atom. The lowest BCUT2D eigenvalue weighted by Crippen LogP contribution is -2.34. The van der Waals surface area contributed by atoms with E-state index in [0.717, 1.165) is 19.2 Å². The Hall–Kier alpha value is -0.675. The zero-order chi connectivity index (χ0) is 11.4. The number of Topliss-reactive ketones (excluding diaryl/α,β-unsaturated/α-hetero) is 2. The quantitative estimate of drug-likeness (QED) is 0.643. The van der Waals surface area contributed by atoms with E-state index in [-0.39, 0.29) is 11.6 Å². The fourth-order valence-corrected chi connectivity index (χ4v) is 1.63. The summed E-state index contributed by atoms with van der Waals surface area (Å²) in [6.07, 6.45) is 1.34. The molecule has 1 heterocycles. The van der Waals surface area contributed by atoms with Gasteiger partial charge in [-0.15, -0.1) is 0 Å². The summed E-state index contributed by atoms with van der Waals surface area (Å²) in [6.45, 7) is 4.91. The summed E-state index contributed by atoms with van der Waals surface area (Å²) >= 11 is 0. The Morgan fingerprint density at radius 3 is 1.93 bits per heavy atom. The molecule has 0 aliphatic carbocycles. The third-order valence-electron chi connectivity index (χ3n) is 2.47. The molecule has 84 valence electrons. The summed E-state index contributed by atoms with van der Waals surface area (Å²) in [5, 5.41) is 0. The summed E-state index contributed by atoms with van der Waals surface area (Å²) < 4.78 is 10.8. The monoisotopic (exact) mass is 212 g/mol. The van der Waals surface area contributed by atoms with E-state index in [1.165, 1.54) is 13.8 Å². The Labute approximate surface area is 90.5 Å². The molecule has 15 heavy (non-hydrogen) atoms. The molecule has 1 rings (SSSR count). The summed E-state index contributed by atoms with van der Waals surface area (Å²) in [7, 11) is -0.396. The van der Waals surface area contributed by atoms with Crippen LogP contribution in [-0.4, -0.2) is 30.9 Å². The summed E-state index contributed by atoms with van der Waals surface area (Å²) in [6, 6.07) is 0. The van der Waals surface area contributed by atoms with Crippen molar-refractivity contribution in [2.45, 2.75) is 52.1 Å². The second-order valence-electron chi connectivity index (χ2n) is 3.91. The smallest absolute Gasteiger partial charge is 0.398 e. The van der Waals surface area contributed by atoms with Gasteiger partial charge in [-0.1, -0.05) is 19.8 Å². The van der Waals surface area contributed by atoms with Crippen LogP contribution in [0.5, 0.6) is 0 Å². The lowest BCUT2D eigenvalue weighted by molar-refractivity contribution is -0.132. The van der Waals surface area contributed by atoms with Crippen LogP contribution in [-0.2, 0) is 18.9 Å². The predicted molar refractivity (Wildman–Crippen MR) is 56.6 cm³/mol. The van der Waals surface area contributed by atoms with Gasteiger partial charge >= 0.3 is 7.12 Å². The fourth-order valence-electron chi connectivity index (χ4n) is 1.63. The molecule has 0 saturated carbocycles. The Balaban J connectivity index is 2.57. The highest BCUT2D eigenvalue weighted by atomic mass is 16.7. The van der Waals surface area contributed by atoms with E-state index in [2.05, 4.69) is 6.92 Å². The van der Waals surface area contributed by atoms with Crippen LogP contribution in [0.3, 0.4) is 0 Å². The van der Waals surface area contributed by atoms with Crippen molar-refractivity contribution in [2.24, 2.45) is 0 Å². The van der Waals surface area contributed by atoms with Crippen molar-refractivity contribution in [3.63, 3.8) is 0 Å². The van der Waals surface area contributed by atoms with Gasteiger partial charge in [0.15, 0.2) is 11.6 Å². The molecular weight excluding hydrogens is 195 g/mol. The average Bonchev–Trinajstić information content (AvgIpc) is 2.58. The third-order valence-corrected chi connectivity index (χ3v) is 2.47. The van der Waals surface area contributed by atoms with Crippen LogP contribution in [0.2, 0.25) is 6.32 Å². The minimum Gasteiger partial charge on any atom is -0.398 e. The molecular formula is C10H17BO4. The van der Waals surface area contributed by atoms with Crippen molar-refractivity contribution >= 4 is 18.7 Å². The van der Waals surface area contributed by atoms with E-state index in [4.69, 9.17) is 9.31 Å². The number of ketones is 2. The minimum absolute atomic E-state index is 0.144. The van der Waals surface area contributed by atoms with Gasteiger partial charge in [-0.2, -0.15) is 0 Å². The number of rotatable bonds is 5. The van der Waals surface area contributed by atoms with E-state index < -0.39 is 19.3 Å². The van der Waals surface area contributed by atoms with Crippen LogP contribution < -0.4 is 0 Å². The van der Waals surface area contributed by atoms with Crippen molar-refractivity contribution in [1.29, 1.82) is 0 Å². The first-order valence-corrected chi connectivity index (χ1v) is 5.38. The Kier molecular flexibility index (Phi) is 4.48. The maximum Gasteiger partial charge on any atom is 0.458 e. The predicted octanol–water partition coefficient (Wildman–Crippen LogP) is 1.24. The van der Waals surface area contributed by atoms with Gasteiger partial charge in [0, 0.05) is 0 Å². The van der Waals surface area contributed by atoms with Gasteiger partial charge in [0.05, 0.1) is 0 Å². The number of unbranched alkanes of at least 4 members (excludes halogenated alkanes) is 1. The molecule has 0 bridgehead atoms. The number of hydrogen-bond donors (Lipinski definition) is 0. The second-order valence-corrected chi connectivity index (χ2v) is 3.91. The van der Waals surface area contributed by atoms with Crippen LogP contribution >= 0.6 is 0 Å². The molecule has 4 nitrogen and oxygen atoms in total. The van der Waals surface area contributed by atoms with Crippen molar-refractivity contribution in [3.05, 3.63) is 0 Å². The van der Waals surface area contributed by atoms with Crippen molar-refractivity contribution in [1.82, 2.24) is 0 Å². The van der Waals surface area contributed by atoms with Crippen LogP contribution in [0.15, 0.2) is 0 Å². The Bertz CT molecular complexity index is 232. The highest BCUT2D eigenvalue weighted by molar-refractivity contribution is 6.46. The molecule has 1 unspecified atom stereocenters. The molecule has 1 aliphatic heterocycles. The van der Waals surface area contributed by atoms with Gasteiger partial charge < -0.3 is 9.31 Å². The summed E-state index contributed by atoms with van der Waals surface area (Å²) in [5.74, 6) is -0.289. The molecule has 1 saturated heterocycles. The first-order chi connectivity index (χ1) is 7.06. The molecule has 0 aromatic heterocycles. The van der Waals surface area contributed by atoms with E-state index in [1.54, 1.807) is 0 Å². The van der Waals surface area contributed by atoms with Crippen molar-refractivity contribution < 1.29 is 18.9 Å². The zero-order valence-corrected chi connectivity index (χ0v) is 9.49. The van der Waals surface area contributed by atoms with Gasteiger partial charge in [0.2, 0.25) is 0 Å². The largest absolute Gasteiger partial charge is 0.458 e. The number of hydrogen-bond acceptors (Lipinski definition) is 4. The third kappa shape index (κ3) is 3.14. The number of carbonyl (C=O) groups is 2. The topological polar surface area (TPSA) is 52.6 Å². The Morgan fingerprint density at radius 2 is 1.60 bits per heavy atom. The van der Waals surface area contributed by atoms with Gasteiger partial charge in [-0.05, 0) is 20.2 Å². The van der Waals surface area contributed by atoms with Crippen LogP contribution in [0.25, 0.3) is 0 Å². The molecule has 1 fully saturated rings. The minimum atomic E-state index is -0.704. The normalized spacial score (nSPS) is 25.7. The van der Waals surface area contributed by atoms with Crippen LogP contribution in [0, 0.1) is 0 Å². The van der Waals surface area contributed by atoms with Gasteiger partial charge in [0.1, 0.15) is 12.2 Å². The molecule has 0 radical (unpaired) electrons. The second kappa shape index (κ2) is 5.42. The summed E-state index contributed by atoms with van der Waals surface area (Å²) in [5.41, 5.74) is 0. The fraction of sp³-hybridized carbons (Fsp3) is 0.800. The molecule has 0 aromatic rings. The maximum absolute atomic E-state index is 11.2. The molecule has 0 aromatic carbocycles. The van der Waals surface area contributed by atoms with E-state index in [1.807, 2.05) is 0 Å². The lowest BCUT2D eigenvalue weighted by Gasteiger charge is -2.11. The van der Waals surface area contributed by atoms with E-state index >= 15 is 0 Å². The highest BCUT2D eigenvalue weighted by Gasteiger charge is 2.43. The standard InChI is InChI=1S/C10H17BO4/c1-4-5-6-11-14-9(7(2)12)10(15-11)8(3)13/h9-10H,4-6H2,1-3H3/t9-,10?/m1/s1. The first-order valence-electron chi connectivity index (χ1n) is 5.38. The van der Waals surface area contributed by atoms with Gasteiger partial charge in [0.25, 0.3) is 0 Å². The van der Waals surface area contributed by atoms with Crippen molar-refractivity contribution in [3.8, 4) is 0 Å². The highest BCUT2D eigenvalue weighted by Crippen LogP contribution is 2.22. The lowest BCUT2D eigenvalue weighted by atomic mass is 9.83. The van der Waals surface area contributed by atoms with E-state index in [0.29, 0.717) is 0 Å². The molecule has 0 N–H and O–H groups in total. The molecule has 0 spiro atoms. The first kappa shape index (κ1) is 12.4. The molecule has 1 aliphatic rings. The van der Waals surface area contributed by atoms with E-state index in [9.17, 15) is 9.59 Å². The summed E-state index contributed by atoms with van der Waals surface area (Å²) in [4.78, 5) is 22.4. The SMILES string of the molecule is CCCCB1OC(C(C)=O)[C@@H](C(C)=O)O1. The van der Waals surface area contributed by atoms with Gasteiger partial charge in [-0.25, -0.2) is 0 Å². The van der Waals surface area contributed by atoms with Crippen LogP contribution in [0.4, 0.5) is 0 Å². The molecule has 5 heteroatoms. The van der Waals surface area contributed by atoms with Gasteiger partial charge in [-0.3, -0.25) is 9.59 Å². The van der Waals surface area contributed by atoms with Crippen molar-refractivity contribution in [2.75, 3.05) is 0 Å². The zero-order valence-electron chi connectivity index (χ0n) is 9.49. The molecule has 2 atom stereocenters. The van der Waals surface area contributed by atoms with Crippen LogP contribution in [0.1, 0.15) is 33.6 Å². The maximum atomic E-state index is 11.2.